The number of carbonyl (C=O) groups is 1. The lowest BCUT2D eigenvalue weighted by molar-refractivity contribution is 0.0950. The summed E-state index contributed by atoms with van der Waals surface area (Å²) in [4.78, 5) is 12.3. The van der Waals surface area contributed by atoms with Gasteiger partial charge in [-0.2, -0.15) is 9.78 Å². The van der Waals surface area contributed by atoms with Crippen molar-refractivity contribution in [1.82, 2.24) is 9.78 Å². The first-order chi connectivity index (χ1) is 8.75. The summed E-state index contributed by atoms with van der Waals surface area (Å²) in [6, 6.07) is 15.2. The lowest BCUT2D eigenvalue weighted by Crippen LogP contribution is -2.13. The van der Waals surface area contributed by atoms with Gasteiger partial charge in [-0.1, -0.05) is 35.9 Å². The van der Waals surface area contributed by atoms with Crippen molar-refractivity contribution in [2.45, 2.75) is 6.92 Å². The second kappa shape index (κ2) is 4.11. The van der Waals surface area contributed by atoms with Gasteiger partial charge in [0.25, 0.3) is 5.91 Å². The SMILES string of the molecule is Cc1ccc(C(=O)n2ncc3ccccc32)cc1. The molecule has 3 nitrogen and oxygen atoms in total. The van der Waals surface area contributed by atoms with Gasteiger partial charge in [-0.05, 0) is 25.1 Å². The Bertz CT molecular complexity index is 711. The van der Waals surface area contributed by atoms with Gasteiger partial charge in [-0.15, -0.1) is 0 Å². The number of carbonyl (C=O) groups excluding carboxylic acids is 1. The lowest BCUT2D eigenvalue weighted by Gasteiger charge is -2.02. The normalized spacial score (nSPS) is 10.7. The smallest absolute Gasteiger partial charge is 0.267 e. The number of hydrogen-bond donors (Lipinski definition) is 0. The third kappa shape index (κ3) is 1.70. The van der Waals surface area contributed by atoms with E-state index >= 15 is 0 Å². The van der Waals surface area contributed by atoms with Gasteiger partial charge >= 0.3 is 0 Å². The van der Waals surface area contributed by atoms with Crippen LogP contribution in [0, 0.1) is 6.92 Å². The summed E-state index contributed by atoms with van der Waals surface area (Å²) >= 11 is 0. The molecular weight excluding hydrogens is 224 g/mol. The average molecular weight is 236 g/mol. The molecule has 18 heavy (non-hydrogen) atoms. The van der Waals surface area contributed by atoms with Crippen molar-refractivity contribution in [1.29, 1.82) is 0 Å². The molecule has 88 valence electrons. The van der Waals surface area contributed by atoms with Gasteiger partial charge in [0.1, 0.15) is 0 Å². The molecule has 0 aliphatic heterocycles. The summed E-state index contributed by atoms with van der Waals surface area (Å²) in [5.41, 5.74) is 2.62. The Morgan fingerprint density at radius 3 is 2.56 bits per heavy atom. The van der Waals surface area contributed by atoms with Crippen molar-refractivity contribution in [2.75, 3.05) is 0 Å². The molecule has 3 rings (SSSR count). The van der Waals surface area contributed by atoms with E-state index in [1.54, 1.807) is 6.20 Å². The minimum atomic E-state index is -0.101. The number of para-hydroxylation sites is 1. The summed E-state index contributed by atoms with van der Waals surface area (Å²) in [5.74, 6) is -0.101. The maximum atomic E-state index is 12.3. The molecule has 1 aromatic heterocycles. The van der Waals surface area contributed by atoms with Crippen LogP contribution in [-0.2, 0) is 0 Å². The van der Waals surface area contributed by atoms with Gasteiger partial charge < -0.3 is 0 Å². The van der Waals surface area contributed by atoms with Crippen molar-refractivity contribution in [3.8, 4) is 0 Å². The van der Waals surface area contributed by atoms with Gasteiger partial charge in [-0.3, -0.25) is 4.79 Å². The van der Waals surface area contributed by atoms with Crippen LogP contribution in [0.3, 0.4) is 0 Å². The minimum Gasteiger partial charge on any atom is -0.267 e. The standard InChI is InChI=1S/C15H12N2O/c1-11-6-8-12(9-7-11)15(18)17-14-5-3-2-4-13(14)10-16-17/h2-10H,1H3. The molecular formula is C15H12N2O. The lowest BCUT2D eigenvalue weighted by atomic mass is 10.1. The molecule has 0 saturated carbocycles. The van der Waals surface area contributed by atoms with E-state index < -0.39 is 0 Å². The Balaban J connectivity index is 2.09. The predicted molar refractivity (Wildman–Crippen MR) is 70.6 cm³/mol. The predicted octanol–water partition coefficient (Wildman–Crippen LogP) is 3.03. The van der Waals surface area contributed by atoms with Gasteiger partial charge in [-0.25, -0.2) is 0 Å². The topological polar surface area (TPSA) is 34.9 Å². The monoisotopic (exact) mass is 236 g/mol. The molecule has 0 unspecified atom stereocenters. The minimum absolute atomic E-state index is 0.101. The number of aromatic nitrogens is 2. The number of hydrogen-bond acceptors (Lipinski definition) is 2. The van der Waals surface area contributed by atoms with E-state index in [0.717, 1.165) is 16.5 Å². The molecule has 0 N–H and O–H groups in total. The van der Waals surface area contributed by atoms with E-state index in [1.807, 2.05) is 55.5 Å². The first-order valence-electron chi connectivity index (χ1n) is 5.80. The number of aryl methyl sites for hydroxylation is 1. The maximum Gasteiger partial charge on any atom is 0.278 e. The molecule has 0 radical (unpaired) electrons. The van der Waals surface area contributed by atoms with Gasteiger partial charge in [0, 0.05) is 10.9 Å². The molecule has 3 heteroatoms. The van der Waals surface area contributed by atoms with E-state index in [2.05, 4.69) is 5.10 Å². The Morgan fingerprint density at radius 2 is 1.78 bits per heavy atom. The highest BCUT2D eigenvalue weighted by Gasteiger charge is 2.11. The van der Waals surface area contributed by atoms with Crippen LogP contribution in [0.25, 0.3) is 10.9 Å². The van der Waals surface area contributed by atoms with Crippen molar-refractivity contribution in [2.24, 2.45) is 0 Å². The summed E-state index contributed by atoms with van der Waals surface area (Å²) in [7, 11) is 0. The first-order valence-corrected chi connectivity index (χ1v) is 5.80. The highest BCUT2D eigenvalue weighted by molar-refractivity contribution is 6.00. The molecule has 0 aliphatic carbocycles. The average Bonchev–Trinajstić information content (AvgIpc) is 2.82. The zero-order valence-electron chi connectivity index (χ0n) is 10.00. The zero-order chi connectivity index (χ0) is 12.5. The van der Waals surface area contributed by atoms with Gasteiger partial charge in [0.15, 0.2) is 0 Å². The van der Waals surface area contributed by atoms with Crippen molar-refractivity contribution >= 4 is 16.8 Å². The molecule has 0 saturated heterocycles. The Morgan fingerprint density at radius 1 is 1.06 bits per heavy atom. The highest BCUT2D eigenvalue weighted by Crippen LogP contribution is 2.14. The summed E-state index contributed by atoms with van der Waals surface area (Å²) in [5, 5.41) is 5.13. The molecule has 0 amide bonds. The van der Waals surface area contributed by atoms with Crippen LogP contribution in [0.4, 0.5) is 0 Å². The van der Waals surface area contributed by atoms with Crippen LogP contribution in [0.1, 0.15) is 15.9 Å². The van der Waals surface area contributed by atoms with Crippen LogP contribution in [0.15, 0.2) is 54.7 Å². The number of nitrogens with zero attached hydrogens (tertiary/aromatic N) is 2. The molecule has 3 aromatic rings. The van der Waals surface area contributed by atoms with Crippen LogP contribution < -0.4 is 0 Å². The van der Waals surface area contributed by atoms with E-state index in [0.29, 0.717) is 5.56 Å². The van der Waals surface area contributed by atoms with Crippen LogP contribution in [0.5, 0.6) is 0 Å². The fraction of sp³-hybridized carbons (Fsp3) is 0.0667. The Kier molecular flexibility index (Phi) is 2.45. The van der Waals surface area contributed by atoms with E-state index in [-0.39, 0.29) is 5.91 Å². The van der Waals surface area contributed by atoms with E-state index in [1.165, 1.54) is 4.68 Å². The van der Waals surface area contributed by atoms with Gasteiger partial charge in [0.2, 0.25) is 0 Å². The quantitative estimate of drug-likeness (QED) is 0.651. The largest absolute Gasteiger partial charge is 0.278 e. The molecule has 0 aliphatic rings. The molecule has 0 spiro atoms. The summed E-state index contributed by atoms with van der Waals surface area (Å²) in [6.45, 7) is 2.00. The third-order valence-corrected chi connectivity index (χ3v) is 2.97. The molecule has 2 aromatic carbocycles. The second-order valence-corrected chi connectivity index (χ2v) is 4.29. The molecule has 0 atom stereocenters. The maximum absolute atomic E-state index is 12.3. The number of benzene rings is 2. The first kappa shape index (κ1) is 10.7. The second-order valence-electron chi connectivity index (χ2n) is 4.29. The fourth-order valence-corrected chi connectivity index (χ4v) is 1.95. The Labute approximate surface area is 105 Å². The molecule has 0 fully saturated rings. The van der Waals surface area contributed by atoms with E-state index in [9.17, 15) is 4.79 Å². The Hall–Kier alpha value is -2.42. The molecule has 1 heterocycles. The number of fused-ring (bicyclic) bond motifs is 1. The van der Waals surface area contributed by atoms with Gasteiger partial charge in [0.05, 0.1) is 11.7 Å². The van der Waals surface area contributed by atoms with Crippen molar-refractivity contribution < 1.29 is 4.79 Å². The third-order valence-electron chi connectivity index (χ3n) is 2.97. The van der Waals surface area contributed by atoms with Crippen molar-refractivity contribution in [3.05, 3.63) is 65.9 Å². The molecule has 0 bridgehead atoms. The van der Waals surface area contributed by atoms with Crippen LogP contribution >= 0.6 is 0 Å². The fourth-order valence-electron chi connectivity index (χ4n) is 1.95. The van der Waals surface area contributed by atoms with Crippen LogP contribution in [0.2, 0.25) is 0 Å². The van der Waals surface area contributed by atoms with E-state index in [4.69, 9.17) is 0 Å². The highest BCUT2D eigenvalue weighted by atomic mass is 16.2. The van der Waals surface area contributed by atoms with Crippen LogP contribution in [-0.4, -0.2) is 15.7 Å². The number of rotatable bonds is 1. The summed E-state index contributed by atoms with van der Waals surface area (Å²) < 4.78 is 1.44. The summed E-state index contributed by atoms with van der Waals surface area (Å²) in [6.07, 6.45) is 1.71. The zero-order valence-corrected chi connectivity index (χ0v) is 10.00. The van der Waals surface area contributed by atoms with Crippen molar-refractivity contribution in [3.63, 3.8) is 0 Å².